The van der Waals surface area contributed by atoms with Crippen LogP contribution in [0, 0.1) is 5.92 Å². The monoisotopic (exact) mass is 325 g/mol. The first-order valence-electron chi connectivity index (χ1n) is 8.03. The zero-order chi connectivity index (χ0) is 16.6. The van der Waals surface area contributed by atoms with E-state index in [1.165, 1.54) is 0 Å². The molecule has 1 atom stereocenters. The topological polar surface area (TPSA) is 78.9 Å². The smallest absolute Gasteiger partial charge is 0.258 e. The van der Waals surface area contributed by atoms with Gasteiger partial charge < -0.3 is 9.26 Å². The quantitative estimate of drug-likeness (QED) is 0.693. The second kappa shape index (κ2) is 5.83. The van der Waals surface area contributed by atoms with Crippen LogP contribution in [-0.2, 0) is 16.8 Å². The Labute approximate surface area is 139 Å². The van der Waals surface area contributed by atoms with Crippen LogP contribution in [0.15, 0.2) is 41.2 Å². The number of methoxy groups -OCH3 is 1. The highest BCUT2D eigenvalue weighted by Gasteiger charge is 2.47. The highest BCUT2D eigenvalue weighted by atomic mass is 16.5. The van der Waals surface area contributed by atoms with E-state index < -0.39 is 5.60 Å². The molecule has 0 bridgehead atoms. The van der Waals surface area contributed by atoms with Gasteiger partial charge in [0.05, 0.1) is 6.42 Å². The molecule has 24 heavy (non-hydrogen) atoms. The van der Waals surface area contributed by atoms with Gasteiger partial charge in [0.1, 0.15) is 17.8 Å². The predicted octanol–water partition coefficient (Wildman–Crippen LogP) is 2.51. The van der Waals surface area contributed by atoms with E-state index in [0.717, 1.165) is 24.4 Å². The first-order valence-corrected chi connectivity index (χ1v) is 8.03. The summed E-state index contributed by atoms with van der Waals surface area (Å²) in [6.07, 6.45) is 4.40. The molecule has 7 heteroatoms. The van der Waals surface area contributed by atoms with Crippen LogP contribution in [0.3, 0.4) is 0 Å². The van der Waals surface area contributed by atoms with Crippen molar-refractivity contribution >= 4 is 0 Å². The first kappa shape index (κ1) is 15.0. The minimum atomic E-state index is -0.502. The second-order valence-corrected chi connectivity index (χ2v) is 6.23. The fraction of sp³-hybridized carbons (Fsp3) is 0.412. The fourth-order valence-electron chi connectivity index (χ4n) is 2.92. The van der Waals surface area contributed by atoms with Crippen molar-refractivity contribution in [2.24, 2.45) is 5.92 Å². The molecule has 7 nitrogen and oxygen atoms in total. The largest absolute Gasteiger partial charge is 0.368 e. The molecule has 0 N–H and O–H groups in total. The van der Waals surface area contributed by atoms with Crippen LogP contribution in [0.4, 0.5) is 0 Å². The van der Waals surface area contributed by atoms with Crippen LogP contribution in [-0.4, -0.2) is 32.0 Å². The third-order valence-corrected chi connectivity index (χ3v) is 4.64. The molecule has 1 aliphatic carbocycles. The van der Waals surface area contributed by atoms with Gasteiger partial charge in [0.15, 0.2) is 5.82 Å². The molecule has 1 fully saturated rings. The summed E-state index contributed by atoms with van der Waals surface area (Å²) >= 11 is 0. The molecule has 124 valence electrons. The highest BCUT2D eigenvalue weighted by molar-refractivity contribution is 5.32. The lowest BCUT2D eigenvalue weighted by molar-refractivity contribution is -0.0429. The lowest BCUT2D eigenvalue weighted by Crippen LogP contribution is -2.27. The summed E-state index contributed by atoms with van der Waals surface area (Å²) in [4.78, 5) is 4.54. The predicted molar refractivity (Wildman–Crippen MR) is 85.5 cm³/mol. The van der Waals surface area contributed by atoms with Crippen molar-refractivity contribution in [3.8, 4) is 5.69 Å². The molecule has 0 aliphatic heterocycles. The number of rotatable bonds is 6. The Morgan fingerprint density at radius 2 is 2.08 bits per heavy atom. The molecule has 0 saturated heterocycles. The van der Waals surface area contributed by atoms with E-state index in [1.807, 2.05) is 41.8 Å². The maximum Gasteiger partial charge on any atom is 0.258 e. The highest BCUT2D eigenvalue weighted by Crippen LogP contribution is 2.47. The number of ether oxygens (including phenoxy) is 1. The van der Waals surface area contributed by atoms with E-state index in [4.69, 9.17) is 9.26 Å². The Morgan fingerprint density at radius 3 is 2.79 bits per heavy atom. The van der Waals surface area contributed by atoms with Crippen molar-refractivity contribution < 1.29 is 9.26 Å². The van der Waals surface area contributed by atoms with Gasteiger partial charge in [-0.05, 0) is 37.8 Å². The van der Waals surface area contributed by atoms with Crippen molar-refractivity contribution in [1.29, 1.82) is 0 Å². The van der Waals surface area contributed by atoms with E-state index in [2.05, 4.69) is 20.3 Å². The van der Waals surface area contributed by atoms with E-state index in [-0.39, 0.29) is 0 Å². The third kappa shape index (κ3) is 2.60. The summed E-state index contributed by atoms with van der Waals surface area (Å²) in [7, 11) is 1.69. The van der Waals surface area contributed by atoms with Gasteiger partial charge in [0.2, 0.25) is 0 Å². The van der Waals surface area contributed by atoms with Crippen molar-refractivity contribution in [3.05, 3.63) is 54.2 Å². The number of aromatic nitrogens is 5. The maximum atomic E-state index is 5.66. The lowest BCUT2D eigenvalue weighted by Gasteiger charge is -2.23. The zero-order valence-corrected chi connectivity index (χ0v) is 13.7. The van der Waals surface area contributed by atoms with E-state index in [1.54, 1.807) is 13.4 Å². The molecule has 1 saturated carbocycles. The summed E-state index contributed by atoms with van der Waals surface area (Å²) < 4.78 is 13.1. The van der Waals surface area contributed by atoms with Gasteiger partial charge in [-0.2, -0.15) is 4.98 Å². The second-order valence-electron chi connectivity index (χ2n) is 6.23. The molecule has 2 heterocycles. The van der Waals surface area contributed by atoms with Crippen LogP contribution < -0.4 is 0 Å². The number of para-hydroxylation sites is 1. The minimum absolute atomic E-state index is 0.447. The average Bonchev–Trinajstić information content (AvgIpc) is 3.21. The Bertz CT molecular complexity index is 824. The van der Waals surface area contributed by atoms with Crippen LogP contribution in [0.1, 0.15) is 37.3 Å². The van der Waals surface area contributed by atoms with Crippen molar-refractivity contribution in [3.63, 3.8) is 0 Å². The average molecular weight is 325 g/mol. The van der Waals surface area contributed by atoms with Gasteiger partial charge in [-0.15, -0.1) is 10.2 Å². The van der Waals surface area contributed by atoms with Crippen LogP contribution in [0.2, 0.25) is 0 Å². The molecule has 4 rings (SSSR count). The summed E-state index contributed by atoms with van der Waals surface area (Å²) in [5.74, 6) is 2.33. The molecule has 0 radical (unpaired) electrons. The lowest BCUT2D eigenvalue weighted by atomic mass is 10.0. The fourth-order valence-corrected chi connectivity index (χ4v) is 2.92. The number of hydrogen-bond donors (Lipinski definition) is 0. The number of hydrogen-bond acceptors (Lipinski definition) is 6. The SMILES string of the molecule is COC(C)(c1nc(Cc2nncn2-c2ccccc2)no1)C1CC1. The molecule has 0 amide bonds. The van der Waals surface area contributed by atoms with Gasteiger partial charge in [0.25, 0.3) is 5.89 Å². The molecular weight excluding hydrogens is 306 g/mol. The molecule has 0 spiro atoms. The van der Waals surface area contributed by atoms with Gasteiger partial charge >= 0.3 is 0 Å². The number of benzene rings is 1. The van der Waals surface area contributed by atoms with E-state index in [9.17, 15) is 0 Å². The molecule has 2 aromatic heterocycles. The van der Waals surface area contributed by atoms with Crippen LogP contribution in [0.25, 0.3) is 5.69 Å². The van der Waals surface area contributed by atoms with Crippen molar-refractivity contribution in [2.45, 2.75) is 31.8 Å². The van der Waals surface area contributed by atoms with Crippen LogP contribution in [0.5, 0.6) is 0 Å². The minimum Gasteiger partial charge on any atom is -0.368 e. The van der Waals surface area contributed by atoms with Gasteiger partial charge in [0, 0.05) is 12.8 Å². The van der Waals surface area contributed by atoms with E-state index in [0.29, 0.717) is 24.1 Å². The standard InChI is InChI=1S/C17H19N5O2/c1-17(23-2,12-8-9-12)16-19-14(21-24-16)10-15-20-18-11-22(15)13-6-4-3-5-7-13/h3-7,11-12H,8-10H2,1-2H3. The van der Waals surface area contributed by atoms with Gasteiger partial charge in [-0.1, -0.05) is 23.4 Å². The Hall–Kier alpha value is -2.54. The van der Waals surface area contributed by atoms with E-state index >= 15 is 0 Å². The summed E-state index contributed by atoms with van der Waals surface area (Å²) in [6, 6.07) is 9.94. The molecule has 1 unspecified atom stereocenters. The van der Waals surface area contributed by atoms with Crippen LogP contribution >= 0.6 is 0 Å². The zero-order valence-electron chi connectivity index (χ0n) is 13.7. The summed E-state index contributed by atoms with van der Waals surface area (Å²) in [5, 5.41) is 12.3. The first-order chi connectivity index (χ1) is 11.7. The third-order valence-electron chi connectivity index (χ3n) is 4.64. The van der Waals surface area contributed by atoms with Gasteiger partial charge in [-0.25, -0.2) is 0 Å². The normalized spacial score (nSPS) is 16.9. The molecule has 1 aliphatic rings. The van der Waals surface area contributed by atoms with Crippen molar-refractivity contribution in [2.75, 3.05) is 7.11 Å². The Kier molecular flexibility index (Phi) is 3.65. The summed E-state index contributed by atoms with van der Waals surface area (Å²) in [6.45, 7) is 2.01. The summed E-state index contributed by atoms with van der Waals surface area (Å²) in [5.41, 5.74) is 0.499. The Morgan fingerprint density at radius 1 is 1.29 bits per heavy atom. The number of nitrogens with zero attached hydrogens (tertiary/aromatic N) is 5. The Balaban J connectivity index is 1.58. The van der Waals surface area contributed by atoms with Crippen molar-refractivity contribution in [1.82, 2.24) is 24.9 Å². The molecule has 3 aromatic rings. The van der Waals surface area contributed by atoms with Gasteiger partial charge in [-0.3, -0.25) is 4.57 Å². The maximum absolute atomic E-state index is 5.66. The molecular formula is C17H19N5O2. The molecule has 1 aromatic carbocycles.